The van der Waals surface area contributed by atoms with Crippen LogP contribution in [0, 0.1) is 12.8 Å². The number of fused-ring (bicyclic) bond motifs is 1. The van der Waals surface area contributed by atoms with Crippen molar-refractivity contribution < 1.29 is 4.79 Å². The van der Waals surface area contributed by atoms with Gasteiger partial charge in [-0.05, 0) is 31.9 Å². The number of carbonyl (C=O) groups excluding carboxylic acids is 1. The molecule has 0 radical (unpaired) electrons. The second-order valence-corrected chi connectivity index (χ2v) is 6.44. The first-order valence-electron chi connectivity index (χ1n) is 8.35. The summed E-state index contributed by atoms with van der Waals surface area (Å²) in [5.74, 6) is 1.50. The van der Waals surface area contributed by atoms with Crippen molar-refractivity contribution in [3.8, 4) is 11.3 Å². The van der Waals surface area contributed by atoms with Gasteiger partial charge in [0.25, 0.3) is 0 Å². The Morgan fingerprint density at radius 1 is 1.20 bits per heavy atom. The molecule has 7 heteroatoms. The number of nitrogens with one attached hydrogen (secondary N) is 2. The number of hydrogen-bond acceptors (Lipinski definition) is 5. The average Bonchev–Trinajstić information content (AvgIpc) is 3.40. The Labute approximate surface area is 145 Å². The maximum atomic E-state index is 12.0. The van der Waals surface area contributed by atoms with Crippen LogP contribution < -0.4 is 10.6 Å². The first-order chi connectivity index (χ1) is 12.1. The highest BCUT2D eigenvalue weighted by Crippen LogP contribution is 2.33. The van der Waals surface area contributed by atoms with Crippen LogP contribution in [0.4, 0.5) is 11.6 Å². The van der Waals surface area contributed by atoms with Gasteiger partial charge in [-0.25, -0.2) is 9.97 Å². The highest BCUT2D eigenvalue weighted by molar-refractivity contribution is 6.03. The SMILES string of the molecule is CNc1ncc(-c2cc(C)n(C)n2)c2cc(NC(=O)C3CC3)ncc12. The first-order valence-corrected chi connectivity index (χ1v) is 8.35. The number of carbonyl (C=O) groups is 1. The smallest absolute Gasteiger partial charge is 0.228 e. The van der Waals surface area contributed by atoms with Crippen molar-refractivity contribution in [2.45, 2.75) is 19.8 Å². The highest BCUT2D eigenvalue weighted by Gasteiger charge is 2.29. The molecule has 2 N–H and O–H groups in total. The minimum atomic E-state index is 0.0463. The number of rotatable bonds is 4. The van der Waals surface area contributed by atoms with Crippen LogP contribution in [0.3, 0.4) is 0 Å². The van der Waals surface area contributed by atoms with Crippen molar-refractivity contribution >= 4 is 28.3 Å². The van der Waals surface area contributed by atoms with Gasteiger partial charge in [-0.1, -0.05) is 0 Å². The van der Waals surface area contributed by atoms with E-state index < -0.39 is 0 Å². The zero-order valence-electron chi connectivity index (χ0n) is 14.5. The summed E-state index contributed by atoms with van der Waals surface area (Å²) in [5, 5.41) is 12.4. The summed E-state index contributed by atoms with van der Waals surface area (Å²) in [5.41, 5.74) is 2.84. The van der Waals surface area contributed by atoms with Crippen LogP contribution in [-0.2, 0) is 11.8 Å². The van der Waals surface area contributed by atoms with Crippen molar-refractivity contribution in [3.05, 3.63) is 30.2 Å². The molecule has 1 aliphatic carbocycles. The van der Waals surface area contributed by atoms with Crippen molar-refractivity contribution in [2.75, 3.05) is 17.7 Å². The van der Waals surface area contributed by atoms with E-state index in [4.69, 9.17) is 0 Å². The van der Waals surface area contributed by atoms with Gasteiger partial charge >= 0.3 is 0 Å². The van der Waals surface area contributed by atoms with Crippen molar-refractivity contribution in [1.82, 2.24) is 19.7 Å². The molecule has 7 nitrogen and oxygen atoms in total. The molecular weight excluding hydrogens is 316 g/mol. The third kappa shape index (κ3) is 2.82. The zero-order chi connectivity index (χ0) is 17.6. The largest absolute Gasteiger partial charge is 0.373 e. The summed E-state index contributed by atoms with van der Waals surface area (Å²) in [7, 11) is 3.74. The van der Waals surface area contributed by atoms with Gasteiger partial charge in [0, 0.05) is 54.4 Å². The first kappa shape index (κ1) is 15.6. The van der Waals surface area contributed by atoms with Gasteiger partial charge in [0.2, 0.25) is 5.91 Å². The van der Waals surface area contributed by atoms with Crippen molar-refractivity contribution in [2.24, 2.45) is 13.0 Å². The predicted octanol–water partition coefficient (Wildman–Crippen LogP) is 2.73. The summed E-state index contributed by atoms with van der Waals surface area (Å²) < 4.78 is 1.84. The number of aryl methyl sites for hydroxylation is 2. The van der Waals surface area contributed by atoms with Gasteiger partial charge in [0.05, 0.1) is 5.69 Å². The van der Waals surface area contributed by atoms with E-state index >= 15 is 0 Å². The standard InChI is InChI=1S/C18H20N6O/c1-10-6-15(23-24(10)3)13-8-21-17(19-2)14-9-20-16(7-12(13)14)22-18(25)11-4-5-11/h6-9,11H,4-5H2,1-3H3,(H,19,21)(H,20,22,25). The molecule has 0 atom stereocenters. The summed E-state index contributed by atoms with van der Waals surface area (Å²) in [4.78, 5) is 20.9. The molecule has 1 aliphatic rings. The molecule has 128 valence electrons. The number of hydrogen-bond donors (Lipinski definition) is 2. The number of amides is 1. The highest BCUT2D eigenvalue weighted by atomic mass is 16.2. The fraction of sp³-hybridized carbons (Fsp3) is 0.333. The molecule has 0 unspecified atom stereocenters. The van der Waals surface area contributed by atoms with Gasteiger partial charge in [-0.2, -0.15) is 5.10 Å². The second-order valence-electron chi connectivity index (χ2n) is 6.44. The van der Waals surface area contributed by atoms with E-state index in [0.717, 1.165) is 46.4 Å². The molecule has 3 aromatic heterocycles. The number of aromatic nitrogens is 4. The molecule has 0 spiro atoms. The van der Waals surface area contributed by atoms with Crippen LogP contribution in [-0.4, -0.2) is 32.7 Å². The van der Waals surface area contributed by atoms with Gasteiger partial charge < -0.3 is 10.6 Å². The third-order valence-electron chi connectivity index (χ3n) is 4.60. The fourth-order valence-corrected chi connectivity index (χ4v) is 2.87. The molecule has 1 amide bonds. The summed E-state index contributed by atoms with van der Waals surface area (Å²) in [6.45, 7) is 2.01. The van der Waals surface area contributed by atoms with Crippen molar-refractivity contribution in [3.63, 3.8) is 0 Å². The Bertz CT molecular complexity index is 954. The van der Waals surface area contributed by atoms with E-state index in [1.54, 1.807) is 6.20 Å². The quantitative estimate of drug-likeness (QED) is 0.765. The third-order valence-corrected chi connectivity index (χ3v) is 4.60. The maximum absolute atomic E-state index is 12.0. The minimum absolute atomic E-state index is 0.0463. The Balaban J connectivity index is 1.84. The Hall–Kier alpha value is -2.96. The molecular formula is C18H20N6O. The normalized spacial score (nSPS) is 13.9. The molecule has 0 aromatic carbocycles. The lowest BCUT2D eigenvalue weighted by atomic mass is 10.1. The van der Waals surface area contributed by atoms with Crippen LogP contribution in [0.25, 0.3) is 22.0 Å². The molecule has 4 rings (SSSR count). The molecule has 1 fully saturated rings. The molecule has 3 aromatic rings. The molecule has 1 saturated carbocycles. The monoisotopic (exact) mass is 336 g/mol. The molecule has 25 heavy (non-hydrogen) atoms. The van der Waals surface area contributed by atoms with E-state index in [9.17, 15) is 4.79 Å². The van der Waals surface area contributed by atoms with Gasteiger partial charge in [0.1, 0.15) is 11.6 Å². The molecule has 3 heterocycles. The number of pyridine rings is 2. The molecule has 0 aliphatic heterocycles. The maximum Gasteiger partial charge on any atom is 0.228 e. The van der Waals surface area contributed by atoms with E-state index in [-0.39, 0.29) is 11.8 Å². The lowest BCUT2D eigenvalue weighted by Crippen LogP contribution is -2.14. The van der Waals surface area contributed by atoms with E-state index in [1.165, 1.54) is 0 Å². The Morgan fingerprint density at radius 3 is 2.64 bits per heavy atom. The van der Waals surface area contributed by atoms with E-state index in [2.05, 4.69) is 25.7 Å². The van der Waals surface area contributed by atoms with Gasteiger partial charge in [-0.3, -0.25) is 9.48 Å². The van der Waals surface area contributed by atoms with Crippen LogP contribution in [0.1, 0.15) is 18.5 Å². The van der Waals surface area contributed by atoms with E-state index in [1.807, 2.05) is 44.0 Å². The fourth-order valence-electron chi connectivity index (χ4n) is 2.87. The second kappa shape index (κ2) is 5.84. The Morgan fingerprint density at radius 2 is 2.00 bits per heavy atom. The van der Waals surface area contributed by atoms with Crippen molar-refractivity contribution in [1.29, 1.82) is 0 Å². The molecule has 0 saturated heterocycles. The zero-order valence-corrected chi connectivity index (χ0v) is 14.5. The average molecular weight is 336 g/mol. The lowest BCUT2D eigenvalue weighted by molar-refractivity contribution is -0.117. The molecule has 0 bridgehead atoms. The van der Waals surface area contributed by atoms with Crippen LogP contribution in [0.15, 0.2) is 24.5 Å². The topological polar surface area (TPSA) is 84.7 Å². The number of anilines is 2. The summed E-state index contributed by atoms with van der Waals surface area (Å²) in [6.07, 6.45) is 5.48. The van der Waals surface area contributed by atoms with Gasteiger partial charge in [0.15, 0.2) is 0 Å². The summed E-state index contributed by atoms with van der Waals surface area (Å²) in [6, 6.07) is 3.93. The predicted molar refractivity (Wildman–Crippen MR) is 97.4 cm³/mol. The van der Waals surface area contributed by atoms with Gasteiger partial charge in [-0.15, -0.1) is 0 Å². The van der Waals surface area contributed by atoms with Crippen LogP contribution in [0.5, 0.6) is 0 Å². The van der Waals surface area contributed by atoms with E-state index in [0.29, 0.717) is 5.82 Å². The number of nitrogens with zero attached hydrogens (tertiary/aromatic N) is 4. The van der Waals surface area contributed by atoms with Crippen LogP contribution in [0.2, 0.25) is 0 Å². The Kier molecular flexibility index (Phi) is 3.63. The summed E-state index contributed by atoms with van der Waals surface area (Å²) >= 11 is 0. The minimum Gasteiger partial charge on any atom is -0.373 e. The van der Waals surface area contributed by atoms with Crippen LogP contribution >= 0.6 is 0 Å². The lowest BCUT2D eigenvalue weighted by Gasteiger charge is -2.11.